The zero-order valence-corrected chi connectivity index (χ0v) is 12.0. The van der Waals surface area contributed by atoms with E-state index in [1.54, 1.807) is 7.11 Å². The van der Waals surface area contributed by atoms with Crippen molar-refractivity contribution in [3.05, 3.63) is 34.3 Å². The van der Waals surface area contributed by atoms with Gasteiger partial charge in [0.05, 0.1) is 12.1 Å². The molecule has 1 aromatic carbocycles. The van der Waals surface area contributed by atoms with Gasteiger partial charge in [-0.3, -0.25) is 0 Å². The number of likely N-dealkylation sites (N-methyl/N-ethyl adjacent to an activating group) is 1. The van der Waals surface area contributed by atoms with Crippen LogP contribution in [0, 0.1) is 12.8 Å². The zero-order chi connectivity index (χ0) is 13.0. The molecule has 1 N–H and O–H groups in total. The van der Waals surface area contributed by atoms with Crippen LogP contribution in [-0.4, -0.2) is 20.3 Å². The summed E-state index contributed by atoms with van der Waals surface area (Å²) in [5, 5.41) is 4.12. The molecule has 2 nitrogen and oxygen atoms in total. The van der Waals surface area contributed by atoms with Crippen LogP contribution >= 0.6 is 11.6 Å². The van der Waals surface area contributed by atoms with Crippen LogP contribution in [0.2, 0.25) is 5.02 Å². The monoisotopic (exact) mass is 255 g/mol. The van der Waals surface area contributed by atoms with Crippen LogP contribution < -0.4 is 5.32 Å². The second-order valence-electron chi connectivity index (χ2n) is 4.72. The summed E-state index contributed by atoms with van der Waals surface area (Å²) in [6.45, 7) is 6.33. The first-order chi connectivity index (χ1) is 8.01. The van der Waals surface area contributed by atoms with Gasteiger partial charge in [0.1, 0.15) is 0 Å². The third-order valence-corrected chi connectivity index (χ3v) is 3.53. The van der Waals surface area contributed by atoms with Crippen LogP contribution in [0.5, 0.6) is 0 Å². The fourth-order valence-corrected chi connectivity index (χ4v) is 2.31. The first kappa shape index (κ1) is 14.5. The van der Waals surface area contributed by atoms with Gasteiger partial charge in [0.25, 0.3) is 0 Å². The number of hydrogen-bond donors (Lipinski definition) is 1. The Hall–Kier alpha value is -0.570. The molecule has 0 saturated carbocycles. The fraction of sp³-hybridized carbons (Fsp3) is 0.571. The molecule has 0 spiro atoms. The van der Waals surface area contributed by atoms with E-state index >= 15 is 0 Å². The van der Waals surface area contributed by atoms with E-state index in [9.17, 15) is 0 Å². The summed E-state index contributed by atoms with van der Waals surface area (Å²) in [7, 11) is 3.71. The van der Waals surface area contributed by atoms with E-state index in [1.165, 1.54) is 5.56 Å². The third kappa shape index (κ3) is 3.44. The molecule has 3 heteroatoms. The van der Waals surface area contributed by atoms with Crippen molar-refractivity contribution in [2.24, 2.45) is 5.92 Å². The first-order valence-corrected chi connectivity index (χ1v) is 6.35. The van der Waals surface area contributed by atoms with Gasteiger partial charge in [-0.25, -0.2) is 0 Å². The molecular weight excluding hydrogens is 234 g/mol. The van der Waals surface area contributed by atoms with Crippen LogP contribution in [-0.2, 0) is 4.74 Å². The summed E-state index contributed by atoms with van der Waals surface area (Å²) in [4.78, 5) is 0. The molecule has 0 aromatic heterocycles. The lowest BCUT2D eigenvalue weighted by Gasteiger charge is -2.29. The van der Waals surface area contributed by atoms with Gasteiger partial charge in [0.2, 0.25) is 0 Å². The first-order valence-electron chi connectivity index (χ1n) is 5.97. The van der Waals surface area contributed by atoms with Gasteiger partial charge in [0.15, 0.2) is 0 Å². The molecule has 0 heterocycles. The summed E-state index contributed by atoms with van der Waals surface area (Å²) in [6, 6.07) is 6.34. The fourth-order valence-electron chi connectivity index (χ4n) is 2.12. The van der Waals surface area contributed by atoms with Gasteiger partial charge in [-0.15, -0.1) is 0 Å². The number of halogens is 1. The number of hydrogen-bond acceptors (Lipinski definition) is 2. The maximum Gasteiger partial charge on any atom is 0.0788 e. The van der Waals surface area contributed by atoms with Crippen molar-refractivity contribution < 1.29 is 4.74 Å². The molecule has 0 bridgehead atoms. The second kappa shape index (κ2) is 6.39. The Bertz CT molecular complexity index is 365. The predicted octanol–water partition coefficient (Wildman–Crippen LogP) is 3.58. The molecule has 2 atom stereocenters. The number of aryl methyl sites for hydroxylation is 1. The van der Waals surface area contributed by atoms with Crippen molar-refractivity contribution in [2.45, 2.75) is 32.9 Å². The molecule has 2 unspecified atom stereocenters. The van der Waals surface area contributed by atoms with Crippen LogP contribution in [0.4, 0.5) is 0 Å². The summed E-state index contributed by atoms with van der Waals surface area (Å²) in [6.07, 6.45) is 0.138. The van der Waals surface area contributed by atoms with Crippen LogP contribution in [0.25, 0.3) is 0 Å². The average molecular weight is 256 g/mol. The minimum absolute atomic E-state index is 0.138. The quantitative estimate of drug-likeness (QED) is 0.868. The van der Waals surface area contributed by atoms with E-state index in [4.69, 9.17) is 16.3 Å². The lowest BCUT2D eigenvalue weighted by molar-refractivity contribution is 0.0348. The molecule has 0 amide bonds. The number of nitrogens with one attached hydrogen (secondary N) is 1. The molecule has 0 aliphatic heterocycles. The molecule has 1 aromatic rings. The van der Waals surface area contributed by atoms with Gasteiger partial charge in [-0.05, 0) is 37.1 Å². The molecule has 96 valence electrons. The summed E-state index contributed by atoms with van der Waals surface area (Å²) in [5.41, 5.74) is 2.27. The van der Waals surface area contributed by atoms with Gasteiger partial charge in [-0.1, -0.05) is 37.6 Å². The number of benzene rings is 1. The minimum Gasteiger partial charge on any atom is -0.379 e. The van der Waals surface area contributed by atoms with Crippen LogP contribution in [0.1, 0.15) is 31.0 Å². The average Bonchev–Trinajstić information content (AvgIpc) is 2.29. The summed E-state index contributed by atoms with van der Waals surface area (Å²) in [5.74, 6) is 0.442. The molecule has 17 heavy (non-hydrogen) atoms. The maximum absolute atomic E-state index is 6.17. The summed E-state index contributed by atoms with van der Waals surface area (Å²) >= 11 is 6.17. The van der Waals surface area contributed by atoms with Crippen LogP contribution in [0.3, 0.4) is 0 Å². The highest BCUT2D eigenvalue weighted by Gasteiger charge is 2.24. The van der Waals surface area contributed by atoms with Crippen molar-refractivity contribution in [3.63, 3.8) is 0 Å². The largest absolute Gasteiger partial charge is 0.379 e. The van der Waals surface area contributed by atoms with Crippen molar-refractivity contribution in [1.29, 1.82) is 0 Å². The summed E-state index contributed by atoms with van der Waals surface area (Å²) < 4.78 is 5.58. The van der Waals surface area contributed by atoms with E-state index in [2.05, 4.69) is 31.3 Å². The normalized spacial score (nSPS) is 15.0. The van der Waals surface area contributed by atoms with Gasteiger partial charge < -0.3 is 10.1 Å². The third-order valence-electron chi connectivity index (χ3n) is 3.12. The molecule has 1 rings (SSSR count). The Labute approximate surface area is 109 Å². The number of methoxy groups -OCH3 is 1. The minimum atomic E-state index is 0.138. The highest BCUT2D eigenvalue weighted by molar-refractivity contribution is 6.31. The lowest BCUT2D eigenvalue weighted by Crippen LogP contribution is -2.34. The Kier molecular flexibility index (Phi) is 5.44. The standard InChI is InChI=1S/C14H22ClNO/c1-9(2)14(17-5)13(16-4)11-7-6-10(3)12(15)8-11/h6-9,13-14,16H,1-5H3. The topological polar surface area (TPSA) is 21.3 Å². The number of ether oxygens (including phenoxy) is 1. The Morgan fingerprint density at radius 1 is 1.29 bits per heavy atom. The molecule has 0 aliphatic rings. The Morgan fingerprint density at radius 3 is 2.35 bits per heavy atom. The van der Waals surface area contributed by atoms with E-state index in [1.807, 2.05) is 20.0 Å². The van der Waals surface area contributed by atoms with Gasteiger partial charge in [0, 0.05) is 12.1 Å². The van der Waals surface area contributed by atoms with Crippen molar-refractivity contribution in [3.8, 4) is 0 Å². The highest BCUT2D eigenvalue weighted by atomic mass is 35.5. The van der Waals surface area contributed by atoms with Crippen molar-refractivity contribution in [1.82, 2.24) is 5.32 Å². The van der Waals surface area contributed by atoms with Crippen molar-refractivity contribution in [2.75, 3.05) is 14.2 Å². The maximum atomic E-state index is 6.17. The van der Waals surface area contributed by atoms with E-state index in [0.717, 1.165) is 10.6 Å². The Balaban J connectivity index is 3.03. The van der Waals surface area contributed by atoms with Gasteiger partial charge >= 0.3 is 0 Å². The van der Waals surface area contributed by atoms with Gasteiger partial charge in [-0.2, -0.15) is 0 Å². The van der Waals surface area contributed by atoms with E-state index < -0.39 is 0 Å². The Morgan fingerprint density at radius 2 is 1.94 bits per heavy atom. The molecule has 0 fully saturated rings. The molecule has 0 aliphatic carbocycles. The SMILES string of the molecule is CNC(c1ccc(C)c(Cl)c1)C(OC)C(C)C. The van der Waals surface area contributed by atoms with Crippen molar-refractivity contribution >= 4 is 11.6 Å². The van der Waals surface area contributed by atoms with E-state index in [-0.39, 0.29) is 12.1 Å². The molecular formula is C14H22ClNO. The number of rotatable bonds is 5. The van der Waals surface area contributed by atoms with Crippen LogP contribution in [0.15, 0.2) is 18.2 Å². The molecule has 0 radical (unpaired) electrons. The zero-order valence-electron chi connectivity index (χ0n) is 11.3. The predicted molar refractivity (Wildman–Crippen MR) is 73.6 cm³/mol. The van der Waals surface area contributed by atoms with E-state index in [0.29, 0.717) is 5.92 Å². The highest BCUT2D eigenvalue weighted by Crippen LogP contribution is 2.27. The lowest BCUT2D eigenvalue weighted by atomic mass is 9.93. The second-order valence-corrected chi connectivity index (χ2v) is 5.13. The smallest absolute Gasteiger partial charge is 0.0788 e. The molecule has 0 saturated heterocycles.